The van der Waals surface area contributed by atoms with Crippen LogP contribution in [0.4, 0.5) is 0 Å². The SMILES string of the molecule is O=C1c2ccccc2C(=O)c2c1ccc1ooc21. The number of ketones is 2. The van der Waals surface area contributed by atoms with E-state index in [1.165, 1.54) is 0 Å². The summed E-state index contributed by atoms with van der Waals surface area (Å²) in [6.45, 7) is 0. The summed E-state index contributed by atoms with van der Waals surface area (Å²) in [6.07, 6.45) is 0. The molecule has 4 nitrogen and oxygen atoms in total. The van der Waals surface area contributed by atoms with E-state index < -0.39 is 0 Å². The Labute approximate surface area is 101 Å². The average Bonchev–Trinajstić information content (AvgIpc) is 2.37. The third-order valence-electron chi connectivity index (χ3n) is 3.22. The Hall–Kier alpha value is -2.62. The predicted molar refractivity (Wildman–Crippen MR) is 61.8 cm³/mol. The standard InChI is InChI=1S/C14H6O4/c15-12-7-3-1-2-4-8(7)13(16)11-9(12)5-6-10-14(11)18-17-10/h1-6H. The van der Waals surface area contributed by atoms with Crippen molar-refractivity contribution in [3.8, 4) is 0 Å². The highest BCUT2D eigenvalue weighted by Crippen LogP contribution is 2.33. The van der Waals surface area contributed by atoms with E-state index in [-0.39, 0.29) is 11.6 Å². The minimum Gasteiger partial charge on any atom is -0.289 e. The summed E-state index contributed by atoms with van der Waals surface area (Å²) in [4.78, 5) is 24.7. The first-order chi connectivity index (χ1) is 8.77. The fourth-order valence-electron chi connectivity index (χ4n) is 2.34. The van der Waals surface area contributed by atoms with E-state index in [2.05, 4.69) is 0 Å². The fourth-order valence-corrected chi connectivity index (χ4v) is 2.34. The van der Waals surface area contributed by atoms with Crippen LogP contribution in [-0.2, 0) is 0 Å². The molecule has 18 heavy (non-hydrogen) atoms. The molecule has 0 radical (unpaired) electrons. The molecule has 0 amide bonds. The molecule has 3 aromatic rings. The highest BCUT2D eigenvalue weighted by atomic mass is 17.0. The first-order valence-corrected chi connectivity index (χ1v) is 5.47. The van der Waals surface area contributed by atoms with E-state index in [0.29, 0.717) is 33.4 Å². The van der Waals surface area contributed by atoms with Gasteiger partial charge in [-0.2, -0.15) is 0 Å². The number of carbonyl (C=O) groups excluding carboxylic acids is 2. The summed E-state index contributed by atoms with van der Waals surface area (Å²) in [6, 6.07) is 10.0. The summed E-state index contributed by atoms with van der Waals surface area (Å²) in [7, 11) is 0. The van der Waals surface area contributed by atoms with Crippen LogP contribution in [0.3, 0.4) is 0 Å². The first kappa shape index (κ1) is 9.41. The molecule has 0 saturated carbocycles. The third kappa shape index (κ3) is 0.953. The molecule has 0 bridgehead atoms. The molecule has 0 atom stereocenters. The Bertz CT molecular complexity index is 819. The largest absolute Gasteiger partial charge is 0.289 e. The summed E-state index contributed by atoms with van der Waals surface area (Å²) in [5.41, 5.74) is 2.40. The van der Waals surface area contributed by atoms with E-state index in [1.807, 2.05) is 0 Å². The Balaban J connectivity index is 2.12. The van der Waals surface area contributed by atoms with Crippen LogP contribution < -0.4 is 0 Å². The quantitative estimate of drug-likeness (QED) is 0.442. The number of carbonyl (C=O) groups is 2. The lowest BCUT2D eigenvalue weighted by molar-refractivity contribution is 0.0574. The van der Waals surface area contributed by atoms with Crippen molar-refractivity contribution < 1.29 is 18.7 Å². The van der Waals surface area contributed by atoms with E-state index in [9.17, 15) is 9.59 Å². The van der Waals surface area contributed by atoms with Crippen LogP contribution in [0.15, 0.2) is 45.6 Å². The van der Waals surface area contributed by atoms with Gasteiger partial charge in [0.05, 0.1) is 5.56 Å². The molecule has 1 heterocycles. The van der Waals surface area contributed by atoms with Gasteiger partial charge in [-0.15, -0.1) is 0 Å². The number of hydrogen-bond acceptors (Lipinski definition) is 4. The summed E-state index contributed by atoms with van der Waals surface area (Å²) in [5, 5.41) is 0. The third-order valence-corrected chi connectivity index (χ3v) is 3.22. The topological polar surface area (TPSA) is 60.4 Å². The van der Waals surface area contributed by atoms with Gasteiger partial charge >= 0.3 is 0 Å². The second-order valence-corrected chi connectivity index (χ2v) is 4.19. The second-order valence-electron chi connectivity index (χ2n) is 4.19. The first-order valence-electron chi connectivity index (χ1n) is 5.47. The zero-order valence-electron chi connectivity index (χ0n) is 9.10. The fraction of sp³-hybridized carbons (Fsp3) is 0. The van der Waals surface area contributed by atoms with E-state index in [1.54, 1.807) is 36.4 Å². The number of fused-ring (bicyclic) bond motifs is 4. The molecule has 0 saturated heterocycles. The van der Waals surface area contributed by atoms with Gasteiger partial charge in [-0.1, -0.05) is 24.3 Å². The maximum absolute atomic E-state index is 12.4. The van der Waals surface area contributed by atoms with Gasteiger partial charge < -0.3 is 0 Å². The second kappa shape index (κ2) is 2.98. The van der Waals surface area contributed by atoms with Gasteiger partial charge in [0.15, 0.2) is 11.6 Å². The van der Waals surface area contributed by atoms with Crippen molar-refractivity contribution >= 4 is 22.7 Å². The zero-order chi connectivity index (χ0) is 12.3. The Morgan fingerprint density at radius 2 is 1.44 bits per heavy atom. The van der Waals surface area contributed by atoms with Crippen molar-refractivity contribution in [1.29, 1.82) is 0 Å². The molecule has 0 spiro atoms. The van der Waals surface area contributed by atoms with Crippen molar-refractivity contribution in [3.05, 3.63) is 58.7 Å². The molecule has 86 valence electrons. The maximum atomic E-state index is 12.4. The van der Waals surface area contributed by atoms with Gasteiger partial charge in [0.1, 0.15) is 0 Å². The van der Waals surface area contributed by atoms with Crippen LogP contribution in [-0.4, -0.2) is 11.6 Å². The monoisotopic (exact) mass is 238 g/mol. The van der Waals surface area contributed by atoms with E-state index in [4.69, 9.17) is 9.15 Å². The normalized spacial score (nSPS) is 13.8. The molecule has 4 rings (SSSR count). The lowest BCUT2D eigenvalue weighted by Crippen LogP contribution is -2.21. The number of rotatable bonds is 0. The molecule has 0 N–H and O–H groups in total. The molecule has 1 aliphatic rings. The lowest BCUT2D eigenvalue weighted by Gasteiger charge is -2.17. The molecule has 4 heteroatoms. The Kier molecular flexibility index (Phi) is 1.56. The van der Waals surface area contributed by atoms with Crippen molar-refractivity contribution in [2.24, 2.45) is 0 Å². The summed E-state index contributed by atoms with van der Waals surface area (Å²) < 4.78 is 9.59. The smallest absolute Gasteiger partial charge is 0.237 e. The molecule has 0 fully saturated rings. The maximum Gasteiger partial charge on any atom is 0.237 e. The molecular weight excluding hydrogens is 232 g/mol. The molecule has 1 aromatic heterocycles. The van der Waals surface area contributed by atoms with Gasteiger partial charge in [-0.25, -0.2) is 0 Å². The minimum absolute atomic E-state index is 0.154. The molecule has 1 aliphatic carbocycles. The number of benzene rings is 2. The van der Waals surface area contributed by atoms with Crippen LogP contribution in [0.25, 0.3) is 11.2 Å². The Morgan fingerprint density at radius 1 is 0.722 bits per heavy atom. The van der Waals surface area contributed by atoms with Crippen molar-refractivity contribution in [2.75, 3.05) is 0 Å². The van der Waals surface area contributed by atoms with Crippen LogP contribution in [0.5, 0.6) is 0 Å². The van der Waals surface area contributed by atoms with E-state index >= 15 is 0 Å². The van der Waals surface area contributed by atoms with Gasteiger partial charge in [0.25, 0.3) is 0 Å². The van der Waals surface area contributed by atoms with Gasteiger partial charge in [0, 0.05) is 16.7 Å². The van der Waals surface area contributed by atoms with Crippen LogP contribution in [0.2, 0.25) is 0 Å². The van der Waals surface area contributed by atoms with Crippen LogP contribution in [0.1, 0.15) is 31.8 Å². The van der Waals surface area contributed by atoms with Crippen molar-refractivity contribution in [1.82, 2.24) is 0 Å². The van der Waals surface area contributed by atoms with Gasteiger partial charge in [-0.3, -0.25) is 18.7 Å². The summed E-state index contributed by atoms with van der Waals surface area (Å²) >= 11 is 0. The highest BCUT2D eigenvalue weighted by molar-refractivity contribution is 6.31. The minimum atomic E-state index is -0.194. The average molecular weight is 238 g/mol. The Morgan fingerprint density at radius 3 is 2.11 bits per heavy atom. The summed E-state index contributed by atoms with van der Waals surface area (Å²) in [5.74, 6) is -0.348. The highest BCUT2D eigenvalue weighted by Gasteiger charge is 2.33. The molecule has 0 aliphatic heterocycles. The molecule has 0 unspecified atom stereocenters. The predicted octanol–water partition coefficient (Wildman–Crippen LogP) is 2.80. The number of hydrogen-bond donors (Lipinski definition) is 0. The lowest BCUT2D eigenvalue weighted by atomic mass is 9.84. The molecule has 2 aromatic carbocycles. The zero-order valence-corrected chi connectivity index (χ0v) is 9.10. The van der Waals surface area contributed by atoms with Gasteiger partial charge in [0.2, 0.25) is 11.2 Å². The van der Waals surface area contributed by atoms with Crippen molar-refractivity contribution in [2.45, 2.75) is 0 Å². The van der Waals surface area contributed by atoms with Gasteiger partial charge in [-0.05, 0) is 12.1 Å². The molecular formula is C14H6O4. The van der Waals surface area contributed by atoms with E-state index in [0.717, 1.165) is 0 Å². The van der Waals surface area contributed by atoms with Crippen LogP contribution in [0, 0.1) is 0 Å². The van der Waals surface area contributed by atoms with Crippen molar-refractivity contribution in [3.63, 3.8) is 0 Å². The van der Waals surface area contributed by atoms with Crippen LogP contribution >= 0.6 is 0 Å².